The lowest BCUT2D eigenvalue weighted by molar-refractivity contribution is 0.338. The summed E-state index contributed by atoms with van der Waals surface area (Å²) in [5.41, 5.74) is 2.29. The first-order valence-electron chi connectivity index (χ1n) is 6.01. The molecule has 0 spiro atoms. The fourth-order valence-electron chi connectivity index (χ4n) is 2.56. The van der Waals surface area contributed by atoms with Crippen molar-refractivity contribution < 1.29 is 0 Å². The van der Waals surface area contributed by atoms with Gasteiger partial charge >= 0.3 is 0 Å². The van der Waals surface area contributed by atoms with Gasteiger partial charge in [0.25, 0.3) is 0 Å². The van der Waals surface area contributed by atoms with E-state index in [0.717, 1.165) is 23.7 Å². The number of nitriles is 1. The van der Waals surface area contributed by atoms with Crippen molar-refractivity contribution in [2.75, 3.05) is 0 Å². The molecule has 0 amide bonds. The number of nitrogens with zero attached hydrogens (tertiary/aromatic N) is 1. The average molecular weight is 293 g/mol. The van der Waals surface area contributed by atoms with E-state index in [1.165, 1.54) is 11.1 Å². The van der Waals surface area contributed by atoms with Gasteiger partial charge in [-0.05, 0) is 49.9 Å². The molecule has 1 atom stereocenters. The van der Waals surface area contributed by atoms with E-state index < -0.39 is 0 Å². The fraction of sp³-hybridized carbons (Fsp3) is 0.500. The molecule has 0 aromatic heterocycles. The predicted octanol–water partition coefficient (Wildman–Crippen LogP) is 3.20. The van der Waals surface area contributed by atoms with Gasteiger partial charge in [0.2, 0.25) is 0 Å². The molecule has 0 bridgehead atoms. The lowest BCUT2D eigenvalue weighted by Crippen LogP contribution is -2.51. The number of benzene rings is 1. The summed E-state index contributed by atoms with van der Waals surface area (Å²) < 4.78 is 1.12. The SMILES string of the molecule is CC(C)NC1(C#N)CCc2cc(Br)ccc2C1. The lowest BCUT2D eigenvalue weighted by Gasteiger charge is -2.35. The highest BCUT2D eigenvalue weighted by molar-refractivity contribution is 9.10. The van der Waals surface area contributed by atoms with Crippen molar-refractivity contribution in [1.82, 2.24) is 5.32 Å². The van der Waals surface area contributed by atoms with Gasteiger partial charge in [-0.3, -0.25) is 5.32 Å². The molecule has 0 saturated heterocycles. The molecule has 0 radical (unpaired) electrons. The average Bonchev–Trinajstić information content (AvgIpc) is 2.29. The van der Waals surface area contributed by atoms with Gasteiger partial charge in [-0.2, -0.15) is 5.26 Å². The van der Waals surface area contributed by atoms with Crippen molar-refractivity contribution in [3.05, 3.63) is 33.8 Å². The van der Waals surface area contributed by atoms with E-state index in [-0.39, 0.29) is 5.54 Å². The van der Waals surface area contributed by atoms with E-state index in [2.05, 4.69) is 59.4 Å². The van der Waals surface area contributed by atoms with Crippen LogP contribution in [0.2, 0.25) is 0 Å². The standard InChI is InChI=1S/C14H17BrN2/c1-10(2)17-14(9-16)6-5-11-7-13(15)4-3-12(11)8-14/h3-4,7,10,17H,5-6,8H2,1-2H3. The molecule has 3 heteroatoms. The molecule has 1 aliphatic carbocycles. The van der Waals surface area contributed by atoms with E-state index >= 15 is 0 Å². The minimum atomic E-state index is -0.380. The van der Waals surface area contributed by atoms with Gasteiger partial charge in [0.15, 0.2) is 0 Å². The Morgan fingerprint density at radius 3 is 2.82 bits per heavy atom. The zero-order valence-electron chi connectivity index (χ0n) is 10.3. The molecule has 17 heavy (non-hydrogen) atoms. The van der Waals surface area contributed by atoms with Gasteiger partial charge < -0.3 is 0 Å². The number of hydrogen-bond acceptors (Lipinski definition) is 2. The molecule has 0 heterocycles. The Kier molecular flexibility index (Phi) is 3.56. The highest BCUT2D eigenvalue weighted by Crippen LogP contribution is 2.30. The third kappa shape index (κ3) is 2.70. The highest BCUT2D eigenvalue weighted by Gasteiger charge is 2.34. The third-order valence-electron chi connectivity index (χ3n) is 3.26. The summed E-state index contributed by atoms with van der Waals surface area (Å²) >= 11 is 3.50. The van der Waals surface area contributed by atoms with Crippen LogP contribution in [-0.4, -0.2) is 11.6 Å². The number of hydrogen-bond donors (Lipinski definition) is 1. The van der Waals surface area contributed by atoms with Crippen LogP contribution in [0.3, 0.4) is 0 Å². The molecule has 1 aliphatic rings. The number of fused-ring (bicyclic) bond motifs is 1. The van der Waals surface area contributed by atoms with Crippen molar-refractivity contribution in [1.29, 1.82) is 5.26 Å². The molecule has 1 N–H and O–H groups in total. The van der Waals surface area contributed by atoms with Crippen LogP contribution in [0, 0.1) is 11.3 Å². The first-order chi connectivity index (χ1) is 8.04. The Morgan fingerprint density at radius 1 is 1.41 bits per heavy atom. The molecule has 1 aromatic rings. The van der Waals surface area contributed by atoms with Crippen molar-refractivity contribution >= 4 is 15.9 Å². The van der Waals surface area contributed by atoms with Crippen LogP contribution in [0.15, 0.2) is 22.7 Å². The summed E-state index contributed by atoms with van der Waals surface area (Å²) in [6, 6.07) is 9.18. The monoisotopic (exact) mass is 292 g/mol. The van der Waals surface area contributed by atoms with Crippen LogP contribution in [-0.2, 0) is 12.8 Å². The Hall–Kier alpha value is -0.850. The van der Waals surface area contributed by atoms with Gasteiger partial charge in [0.1, 0.15) is 5.54 Å². The zero-order valence-corrected chi connectivity index (χ0v) is 11.8. The predicted molar refractivity (Wildman–Crippen MR) is 72.8 cm³/mol. The smallest absolute Gasteiger partial charge is 0.111 e. The molecular formula is C14H17BrN2. The quantitative estimate of drug-likeness (QED) is 0.909. The van der Waals surface area contributed by atoms with E-state index in [1.807, 2.05) is 0 Å². The van der Waals surface area contributed by atoms with E-state index in [1.54, 1.807) is 0 Å². The van der Waals surface area contributed by atoms with Crippen LogP contribution in [0.5, 0.6) is 0 Å². The summed E-state index contributed by atoms with van der Waals surface area (Å²) in [5, 5.41) is 12.9. The van der Waals surface area contributed by atoms with Crippen molar-refractivity contribution in [2.24, 2.45) is 0 Å². The number of halogens is 1. The van der Waals surface area contributed by atoms with Gasteiger partial charge in [0.05, 0.1) is 6.07 Å². The largest absolute Gasteiger partial charge is 0.297 e. The summed E-state index contributed by atoms with van der Waals surface area (Å²) in [7, 11) is 0. The Labute approximate surface area is 111 Å². The van der Waals surface area contributed by atoms with Crippen molar-refractivity contribution in [3.63, 3.8) is 0 Å². The summed E-state index contributed by atoms with van der Waals surface area (Å²) in [6.07, 6.45) is 2.68. The maximum Gasteiger partial charge on any atom is 0.111 e. The molecule has 0 saturated carbocycles. The molecule has 2 rings (SSSR count). The topological polar surface area (TPSA) is 35.8 Å². The minimum absolute atomic E-state index is 0.339. The summed E-state index contributed by atoms with van der Waals surface area (Å²) in [4.78, 5) is 0. The number of rotatable bonds is 2. The van der Waals surface area contributed by atoms with Crippen LogP contribution >= 0.6 is 15.9 Å². The zero-order chi connectivity index (χ0) is 12.5. The second kappa shape index (κ2) is 4.80. The second-order valence-corrected chi connectivity index (χ2v) is 6.00. The van der Waals surface area contributed by atoms with Crippen molar-refractivity contribution in [3.8, 4) is 6.07 Å². The first kappa shape index (κ1) is 12.6. The van der Waals surface area contributed by atoms with Gasteiger partial charge in [-0.25, -0.2) is 0 Å². The van der Waals surface area contributed by atoms with Crippen LogP contribution in [0.1, 0.15) is 31.4 Å². The Balaban J connectivity index is 2.28. The highest BCUT2D eigenvalue weighted by atomic mass is 79.9. The van der Waals surface area contributed by atoms with Gasteiger partial charge in [0, 0.05) is 16.9 Å². The molecular weight excluding hydrogens is 276 g/mol. The molecule has 1 aromatic carbocycles. The molecule has 2 nitrogen and oxygen atoms in total. The normalized spacial score (nSPS) is 23.2. The minimum Gasteiger partial charge on any atom is -0.297 e. The van der Waals surface area contributed by atoms with E-state index in [4.69, 9.17) is 0 Å². The molecule has 0 aliphatic heterocycles. The summed E-state index contributed by atoms with van der Waals surface area (Å²) in [5.74, 6) is 0. The lowest BCUT2D eigenvalue weighted by atomic mass is 9.78. The van der Waals surface area contributed by atoms with Crippen molar-refractivity contribution in [2.45, 2.75) is 44.7 Å². The number of nitrogens with one attached hydrogen (secondary N) is 1. The van der Waals surface area contributed by atoms with Gasteiger partial charge in [-0.15, -0.1) is 0 Å². The summed E-state index contributed by atoms with van der Waals surface area (Å²) in [6.45, 7) is 4.19. The molecule has 1 unspecified atom stereocenters. The molecule has 90 valence electrons. The fourth-order valence-corrected chi connectivity index (χ4v) is 2.97. The second-order valence-electron chi connectivity index (χ2n) is 5.08. The van der Waals surface area contributed by atoms with E-state index in [9.17, 15) is 5.26 Å². The maximum absolute atomic E-state index is 9.45. The maximum atomic E-state index is 9.45. The van der Waals surface area contributed by atoms with Crippen LogP contribution in [0.4, 0.5) is 0 Å². The van der Waals surface area contributed by atoms with Gasteiger partial charge in [-0.1, -0.05) is 22.0 Å². The van der Waals surface area contributed by atoms with Crippen LogP contribution < -0.4 is 5.32 Å². The Bertz CT molecular complexity index is 462. The van der Waals surface area contributed by atoms with Crippen LogP contribution in [0.25, 0.3) is 0 Å². The van der Waals surface area contributed by atoms with E-state index in [0.29, 0.717) is 6.04 Å². The number of aryl methyl sites for hydroxylation is 1. The molecule has 0 fully saturated rings. The first-order valence-corrected chi connectivity index (χ1v) is 6.80. The Morgan fingerprint density at radius 2 is 2.18 bits per heavy atom. The third-order valence-corrected chi connectivity index (χ3v) is 3.75.